The Morgan fingerprint density at radius 2 is 2.00 bits per heavy atom. The summed E-state index contributed by atoms with van der Waals surface area (Å²) in [6.45, 7) is 0.666. The highest BCUT2D eigenvalue weighted by Gasteiger charge is 2.35. The summed E-state index contributed by atoms with van der Waals surface area (Å²) in [4.78, 5) is 24.1. The summed E-state index contributed by atoms with van der Waals surface area (Å²) < 4.78 is 0. The number of carbonyl (C=O) groups excluding carboxylic acids is 2. The van der Waals surface area contributed by atoms with Gasteiger partial charge < -0.3 is 5.32 Å². The number of benzene rings is 1. The van der Waals surface area contributed by atoms with Gasteiger partial charge in [-0.25, -0.2) is 0 Å². The van der Waals surface area contributed by atoms with Crippen molar-refractivity contribution in [1.82, 2.24) is 10.2 Å². The topological polar surface area (TPSA) is 49.4 Å². The maximum atomic E-state index is 11.6. The number of halogens is 1. The first-order valence-corrected chi connectivity index (χ1v) is 6.24. The van der Waals surface area contributed by atoms with Gasteiger partial charge in [0.05, 0.1) is 12.5 Å². The van der Waals surface area contributed by atoms with Gasteiger partial charge in [-0.2, -0.15) is 0 Å². The normalized spacial score (nSPS) is 19.7. The van der Waals surface area contributed by atoms with Crippen molar-refractivity contribution >= 4 is 23.4 Å². The summed E-state index contributed by atoms with van der Waals surface area (Å²) in [7, 11) is 1.52. The maximum Gasteiger partial charge on any atom is 0.246 e. The van der Waals surface area contributed by atoms with Crippen molar-refractivity contribution in [2.75, 3.05) is 13.6 Å². The lowest BCUT2D eigenvalue weighted by molar-refractivity contribution is -0.137. The molecule has 18 heavy (non-hydrogen) atoms. The highest BCUT2D eigenvalue weighted by atomic mass is 35.5. The monoisotopic (exact) mass is 266 g/mol. The Morgan fingerprint density at radius 1 is 1.33 bits per heavy atom. The van der Waals surface area contributed by atoms with Gasteiger partial charge >= 0.3 is 0 Å². The number of carbonyl (C=O) groups is 2. The molecule has 5 heteroatoms. The Morgan fingerprint density at radius 3 is 2.56 bits per heavy atom. The van der Waals surface area contributed by atoms with E-state index in [4.69, 9.17) is 11.6 Å². The number of rotatable bonds is 4. The minimum absolute atomic E-state index is 0.121. The van der Waals surface area contributed by atoms with Crippen LogP contribution in [0.4, 0.5) is 0 Å². The van der Waals surface area contributed by atoms with Gasteiger partial charge in [-0.3, -0.25) is 14.5 Å². The van der Waals surface area contributed by atoms with Crippen LogP contribution in [0, 0.1) is 0 Å². The van der Waals surface area contributed by atoms with Crippen LogP contribution in [0.3, 0.4) is 0 Å². The number of likely N-dealkylation sites (tertiary alicyclic amines) is 1. The largest absolute Gasteiger partial charge is 0.305 e. The van der Waals surface area contributed by atoms with Crippen LogP contribution in [0.1, 0.15) is 12.0 Å². The lowest BCUT2D eigenvalue weighted by Gasteiger charge is -2.10. The van der Waals surface area contributed by atoms with Crippen molar-refractivity contribution in [2.24, 2.45) is 0 Å². The van der Waals surface area contributed by atoms with Crippen LogP contribution < -0.4 is 5.32 Å². The predicted octanol–water partition coefficient (Wildman–Crippen LogP) is 1.23. The number of hydrogen-bond acceptors (Lipinski definition) is 3. The number of nitrogens with zero attached hydrogens (tertiary/aromatic N) is 1. The molecule has 2 rings (SSSR count). The van der Waals surface area contributed by atoms with Crippen molar-refractivity contribution in [3.63, 3.8) is 0 Å². The molecule has 1 N–H and O–H groups in total. The minimum Gasteiger partial charge on any atom is -0.305 e. The van der Waals surface area contributed by atoms with E-state index in [1.165, 1.54) is 11.9 Å². The molecule has 0 spiro atoms. The van der Waals surface area contributed by atoms with Gasteiger partial charge in [-0.15, -0.1) is 0 Å². The van der Waals surface area contributed by atoms with Crippen molar-refractivity contribution in [1.29, 1.82) is 0 Å². The quantitative estimate of drug-likeness (QED) is 0.834. The summed E-state index contributed by atoms with van der Waals surface area (Å²) in [6, 6.07) is 7.23. The molecule has 4 nitrogen and oxygen atoms in total. The third kappa shape index (κ3) is 2.89. The summed E-state index contributed by atoms with van der Waals surface area (Å²) in [5.74, 6) is -0.264. The predicted molar refractivity (Wildman–Crippen MR) is 69.3 cm³/mol. The Bertz CT molecular complexity index is 459. The summed E-state index contributed by atoms with van der Waals surface area (Å²) in [6.07, 6.45) is 1.06. The third-order valence-electron chi connectivity index (χ3n) is 3.10. The molecule has 1 aromatic carbocycles. The van der Waals surface area contributed by atoms with Gasteiger partial charge in [0.1, 0.15) is 0 Å². The summed E-state index contributed by atoms with van der Waals surface area (Å²) in [5, 5.41) is 3.82. The van der Waals surface area contributed by atoms with Crippen molar-refractivity contribution in [3.8, 4) is 0 Å². The third-order valence-corrected chi connectivity index (χ3v) is 3.35. The van der Waals surface area contributed by atoms with E-state index in [0.717, 1.165) is 12.0 Å². The van der Waals surface area contributed by atoms with Gasteiger partial charge in [0, 0.05) is 12.1 Å². The zero-order chi connectivity index (χ0) is 13.1. The molecular weight excluding hydrogens is 252 g/mol. The van der Waals surface area contributed by atoms with E-state index in [1.54, 1.807) is 0 Å². The molecule has 1 atom stereocenters. The number of amides is 2. The minimum atomic E-state index is -0.366. The lowest BCUT2D eigenvalue weighted by atomic mass is 10.1. The van der Waals surface area contributed by atoms with Crippen LogP contribution in [0.2, 0.25) is 5.02 Å². The molecule has 0 saturated carbocycles. The van der Waals surface area contributed by atoms with Gasteiger partial charge in [-0.1, -0.05) is 23.7 Å². The fraction of sp³-hybridized carbons (Fsp3) is 0.385. The second kappa shape index (κ2) is 5.50. The zero-order valence-corrected chi connectivity index (χ0v) is 10.9. The molecule has 0 radical (unpaired) electrons. The van der Waals surface area contributed by atoms with E-state index in [2.05, 4.69) is 5.32 Å². The Balaban J connectivity index is 1.81. The molecule has 1 unspecified atom stereocenters. The van der Waals surface area contributed by atoms with Crippen molar-refractivity contribution in [2.45, 2.75) is 18.9 Å². The molecule has 1 aliphatic rings. The highest BCUT2D eigenvalue weighted by Crippen LogP contribution is 2.12. The van der Waals surface area contributed by atoms with E-state index in [-0.39, 0.29) is 24.3 Å². The van der Waals surface area contributed by atoms with Gasteiger partial charge in [0.15, 0.2) is 0 Å². The smallest absolute Gasteiger partial charge is 0.246 e. The summed E-state index contributed by atoms with van der Waals surface area (Å²) >= 11 is 5.80. The molecule has 0 bridgehead atoms. The van der Waals surface area contributed by atoms with Crippen LogP contribution in [-0.4, -0.2) is 36.3 Å². The zero-order valence-electron chi connectivity index (χ0n) is 10.1. The number of hydrogen-bond donors (Lipinski definition) is 1. The van der Waals surface area contributed by atoms with Crippen LogP contribution >= 0.6 is 11.6 Å². The highest BCUT2D eigenvalue weighted by molar-refractivity contribution is 6.30. The molecular formula is C13H15ClN2O2. The first-order valence-electron chi connectivity index (χ1n) is 5.86. The Kier molecular flexibility index (Phi) is 3.99. The number of imide groups is 1. The van der Waals surface area contributed by atoms with E-state index in [9.17, 15) is 9.59 Å². The second-order valence-corrected chi connectivity index (χ2v) is 4.81. The summed E-state index contributed by atoms with van der Waals surface area (Å²) in [5.41, 5.74) is 1.15. The second-order valence-electron chi connectivity index (χ2n) is 4.38. The van der Waals surface area contributed by atoms with Crippen LogP contribution in [0.15, 0.2) is 24.3 Å². The van der Waals surface area contributed by atoms with Crippen molar-refractivity contribution < 1.29 is 9.59 Å². The standard InChI is InChI=1S/C13H15ClN2O2/c1-16-12(17)8-11(13(16)18)15-7-6-9-2-4-10(14)5-3-9/h2-5,11,15H,6-8H2,1H3. The molecule has 96 valence electrons. The number of likely N-dealkylation sites (N-methyl/N-ethyl adjacent to an activating group) is 1. The average Bonchev–Trinajstić information content (AvgIpc) is 2.60. The molecule has 1 heterocycles. The van der Waals surface area contributed by atoms with Crippen LogP contribution in [-0.2, 0) is 16.0 Å². The van der Waals surface area contributed by atoms with Crippen LogP contribution in [0.25, 0.3) is 0 Å². The molecule has 0 aromatic heterocycles. The lowest BCUT2D eigenvalue weighted by Crippen LogP contribution is -2.38. The molecule has 2 amide bonds. The molecule has 1 saturated heterocycles. The molecule has 0 aliphatic carbocycles. The van der Waals surface area contributed by atoms with E-state index in [0.29, 0.717) is 11.6 Å². The first-order chi connectivity index (χ1) is 8.58. The average molecular weight is 267 g/mol. The molecule has 1 aromatic rings. The fourth-order valence-electron chi connectivity index (χ4n) is 1.96. The maximum absolute atomic E-state index is 11.6. The van der Waals surface area contributed by atoms with E-state index in [1.807, 2.05) is 24.3 Å². The van der Waals surface area contributed by atoms with E-state index < -0.39 is 0 Å². The fourth-order valence-corrected chi connectivity index (χ4v) is 2.08. The van der Waals surface area contributed by atoms with Gasteiger partial charge in [-0.05, 0) is 30.7 Å². The number of nitrogens with one attached hydrogen (secondary N) is 1. The van der Waals surface area contributed by atoms with Gasteiger partial charge in [0.25, 0.3) is 0 Å². The SMILES string of the molecule is CN1C(=O)CC(NCCc2ccc(Cl)cc2)C1=O. The first kappa shape index (κ1) is 13.1. The van der Waals surface area contributed by atoms with Crippen LogP contribution in [0.5, 0.6) is 0 Å². The Hall–Kier alpha value is -1.39. The van der Waals surface area contributed by atoms with E-state index >= 15 is 0 Å². The Labute approximate surface area is 111 Å². The van der Waals surface area contributed by atoms with Gasteiger partial charge in [0.2, 0.25) is 11.8 Å². The van der Waals surface area contributed by atoms with Crippen molar-refractivity contribution in [3.05, 3.63) is 34.9 Å². The molecule has 1 fully saturated rings. The molecule has 1 aliphatic heterocycles.